The lowest BCUT2D eigenvalue weighted by atomic mass is 10.2. The van der Waals surface area contributed by atoms with Crippen LogP contribution < -0.4 is 0 Å². The second kappa shape index (κ2) is 4.17. The summed E-state index contributed by atoms with van der Waals surface area (Å²) < 4.78 is 16.7. The van der Waals surface area contributed by atoms with Gasteiger partial charge in [0.15, 0.2) is 0 Å². The Balaban J connectivity index is 2.66. The van der Waals surface area contributed by atoms with Gasteiger partial charge in [-0.15, -0.1) is 0 Å². The van der Waals surface area contributed by atoms with Crippen molar-refractivity contribution >= 4 is 14.4 Å². The van der Waals surface area contributed by atoms with Gasteiger partial charge in [-0.1, -0.05) is 18.2 Å². The molecular weight excluding hydrogens is 178 g/mol. The molecule has 0 saturated heterocycles. The fourth-order valence-electron chi connectivity index (χ4n) is 0.741. The monoisotopic (exact) mass is 186 g/mol. The van der Waals surface area contributed by atoms with E-state index in [1.54, 1.807) is 30.3 Å². The largest absolute Gasteiger partial charge is 0.409 e. The molecule has 0 amide bonds. The van der Waals surface area contributed by atoms with Gasteiger partial charge in [0.05, 0.1) is 5.56 Å². The minimum Gasteiger partial charge on any atom is -0.409 e. The maximum Gasteiger partial charge on any atom is 0.342 e. The van der Waals surface area contributed by atoms with E-state index in [-0.39, 0.29) is 0 Å². The third-order valence-electron chi connectivity index (χ3n) is 1.22. The highest BCUT2D eigenvalue weighted by molar-refractivity contribution is 7.46. The van der Waals surface area contributed by atoms with Crippen LogP contribution >= 0.6 is 8.46 Å². The normalized spacial score (nSPS) is 12.2. The Kier molecular flexibility index (Phi) is 3.18. The first-order valence-electron chi connectivity index (χ1n) is 3.37. The molecule has 0 saturated carbocycles. The summed E-state index contributed by atoms with van der Waals surface area (Å²) in [5.74, 6) is -0.605. The Hall–Kier alpha value is -0.950. The zero-order valence-corrected chi connectivity index (χ0v) is 7.42. The van der Waals surface area contributed by atoms with Crippen molar-refractivity contribution in [2.45, 2.75) is 0 Å². The molecule has 1 atom stereocenters. The van der Waals surface area contributed by atoms with Gasteiger partial charge in [-0.3, -0.25) is 0 Å². The van der Waals surface area contributed by atoms with Crippen LogP contribution in [0.2, 0.25) is 0 Å². The second-order valence-corrected chi connectivity index (χ2v) is 3.19. The van der Waals surface area contributed by atoms with Crippen molar-refractivity contribution in [1.29, 1.82) is 0 Å². The number of halogens is 1. The molecule has 12 heavy (non-hydrogen) atoms. The number of benzene rings is 1. The molecule has 0 aliphatic heterocycles. The van der Waals surface area contributed by atoms with E-state index in [1.165, 1.54) is 6.66 Å². The van der Waals surface area contributed by atoms with Crippen molar-refractivity contribution in [2.75, 3.05) is 6.66 Å². The van der Waals surface area contributed by atoms with E-state index < -0.39 is 14.4 Å². The summed E-state index contributed by atoms with van der Waals surface area (Å²) in [7, 11) is -2.11. The Morgan fingerprint density at radius 2 is 2.00 bits per heavy atom. The molecule has 0 N–H and O–H groups in total. The fraction of sp³-hybridized carbons (Fsp3) is 0.125. The molecule has 64 valence electrons. The molecule has 1 unspecified atom stereocenters. The van der Waals surface area contributed by atoms with Crippen LogP contribution in [0.25, 0.3) is 0 Å². The lowest BCUT2D eigenvalue weighted by molar-refractivity contribution is 0.0747. The standard InChI is InChI=1S/C8H8FO2P/c1-12(9)11-8(10)7-5-3-2-4-6-7/h2-6H,1H3. The Labute approximate surface area is 71.3 Å². The predicted molar refractivity (Wildman–Crippen MR) is 45.8 cm³/mol. The van der Waals surface area contributed by atoms with Gasteiger partial charge in [-0.2, -0.15) is 4.20 Å². The molecule has 0 aliphatic carbocycles. The highest BCUT2D eigenvalue weighted by atomic mass is 31.2. The molecular formula is C8H8FO2P. The van der Waals surface area contributed by atoms with Crippen LogP contribution in [0.1, 0.15) is 10.4 Å². The van der Waals surface area contributed by atoms with Gasteiger partial charge in [-0.25, -0.2) is 4.79 Å². The third kappa shape index (κ3) is 2.59. The molecule has 0 heterocycles. The number of carbonyl (C=O) groups is 1. The van der Waals surface area contributed by atoms with E-state index >= 15 is 0 Å². The highest BCUT2D eigenvalue weighted by Gasteiger charge is 2.09. The minimum atomic E-state index is -2.11. The lowest BCUT2D eigenvalue weighted by Gasteiger charge is -2.02. The molecule has 0 bridgehead atoms. The van der Waals surface area contributed by atoms with Crippen molar-refractivity contribution in [3.63, 3.8) is 0 Å². The predicted octanol–water partition coefficient (Wildman–Crippen LogP) is 2.75. The topological polar surface area (TPSA) is 26.3 Å². The van der Waals surface area contributed by atoms with Crippen molar-refractivity contribution < 1.29 is 13.5 Å². The number of rotatable bonds is 2. The first-order chi connectivity index (χ1) is 5.70. The van der Waals surface area contributed by atoms with Gasteiger partial charge >= 0.3 is 5.97 Å². The minimum absolute atomic E-state index is 0.379. The zero-order valence-electron chi connectivity index (χ0n) is 6.53. The van der Waals surface area contributed by atoms with Crippen LogP contribution in [-0.2, 0) is 4.52 Å². The zero-order chi connectivity index (χ0) is 8.97. The SMILES string of the molecule is CP(F)OC(=O)c1ccccc1. The van der Waals surface area contributed by atoms with Crippen LogP contribution in [0.4, 0.5) is 4.20 Å². The average Bonchev–Trinajstić information content (AvgIpc) is 2.05. The molecule has 0 aromatic heterocycles. The van der Waals surface area contributed by atoms with Crippen LogP contribution in [0, 0.1) is 0 Å². The molecule has 4 heteroatoms. The van der Waals surface area contributed by atoms with Crippen LogP contribution in [0.5, 0.6) is 0 Å². The van der Waals surface area contributed by atoms with Crippen molar-refractivity contribution in [1.82, 2.24) is 0 Å². The first-order valence-corrected chi connectivity index (χ1v) is 4.97. The summed E-state index contributed by atoms with van der Waals surface area (Å²) in [6.45, 7) is 1.23. The van der Waals surface area contributed by atoms with E-state index in [1.807, 2.05) is 0 Å². The Morgan fingerprint density at radius 3 is 2.50 bits per heavy atom. The summed E-state index contributed by atoms with van der Waals surface area (Å²) >= 11 is 0. The summed E-state index contributed by atoms with van der Waals surface area (Å²) in [5, 5.41) is 0. The van der Waals surface area contributed by atoms with Crippen LogP contribution in [-0.4, -0.2) is 12.6 Å². The van der Waals surface area contributed by atoms with Crippen molar-refractivity contribution in [2.24, 2.45) is 0 Å². The molecule has 0 spiro atoms. The van der Waals surface area contributed by atoms with Crippen LogP contribution in [0.15, 0.2) is 30.3 Å². The summed E-state index contributed by atoms with van der Waals surface area (Å²) in [5.41, 5.74) is 0.379. The molecule has 1 aromatic rings. The fourth-order valence-corrected chi connectivity index (χ4v) is 1.08. The van der Waals surface area contributed by atoms with Crippen LogP contribution in [0.3, 0.4) is 0 Å². The van der Waals surface area contributed by atoms with E-state index in [4.69, 9.17) is 0 Å². The number of hydrogen-bond donors (Lipinski definition) is 0. The highest BCUT2D eigenvalue weighted by Crippen LogP contribution is 2.34. The Bertz CT molecular complexity index is 261. The molecule has 1 rings (SSSR count). The molecule has 0 fully saturated rings. The Morgan fingerprint density at radius 1 is 1.42 bits per heavy atom. The van der Waals surface area contributed by atoms with E-state index in [0.29, 0.717) is 5.56 Å². The van der Waals surface area contributed by atoms with Crippen molar-refractivity contribution in [3.05, 3.63) is 35.9 Å². The summed E-state index contributed by atoms with van der Waals surface area (Å²) in [6, 6.07) is 8.35. The molecule has 1 aromatic carbocycles. The maximum absolute atomic E-state index is 12.3. The van der Waals surface area contributed by atoms with Gasteiger partial charge in [0.2, 0.25) is 0 Å². The van der Waals surface area contributed by atoms with E-state index in [0.717, 1.165) is 0 Å². The van der Waals surface area contributed by atoms with Gasteiger partial charge in [0, 0.05) is 6.66 Å². The molecule has 0 aliphatic rings. The third-order valence-corrected chi connectivity index (χ3v) is 1.64. The van der Waals surface area contributed by atoms with Gasteiger partial charge in [0.25, 0.3) is 8.46 Å². The smallest absolute Gasteiger partial charge is 0.342 e. The quantitative estimate of drug-likeness (QED) is 0.664. The first kappa shape index (κ1) is 9.14. The van der Waals surface area contributed by atoms with E-state index in [2.05, 4.69) is 4.52 Å². The van der Waals surface area contributed by atoms with Gasteiger partial charge < -0.3 is 4.52 Å². The molecule has 0 radical (unpaired) electrons. The average molecular weight is 186 g/mol. The van der Waals surface area contributed by atoms with Gasteiger partial charge in [-0.05, 0) is 12.1 Å². The summed E-state index contributed by atoms with van der Waals surface area (Å²) in [4.78, 5) is 11.0. The lowest BCUT2D eigenvalue weighted by Crippen LogP contribution is -1.98. The maximum atomic E-state index is 12.3. The van der Waals surface area contributed by atoms with Gasteiger partial charge in [0.1, 0.15) is 0 Å². The second-order valence-electron chi connectivity index (χ2n) is 2.17. The molecule has 2 nitrogen and oxygen atoms in total. The summed E-state index contributed by atoms with van der Waals surface area (Å²) in [6.07, 6.45) is 0. The van der Waals surface area contributed by atoms with E-state index in [9.17, 15) is 8.99 Å². The number of hydrogen-bond acceptors (Lipinski definition) is 2. The van der Waals surface area contributed by atoms with Crippen molar-refractivity contribution in [3.8, 4) is 0 Å². The number of carbonyl (C=O) groups excluding carboxylic acids is 1.